The Balaban J connectivity index is 2.74. The Hall–Kier alpha value is -0.996. The first kappa shape index (κ1) is 22.0. The van der Waals surface area contributed by atoms with Crippen LogP contribution in [0.3, 0.4) is 0 Å². The van der Waals surface area contributed by atoms with Crippen molar-refractivity contribution in [1.82, 2.24) is 0 Å². The van der Waals surface area contributed by atoms with Gasteiger partial charge in [0.25, 0.3) is 8.32 Å². The summed E-state index contributed by atoms with van der Waals surface area (Å²) in [5, 5.41) is 0. The van der Waals surface area contributed by atoms with E-state index in [0.717, 1.165) is 30.1 Å². The van der Waals surface area contributed by atoms with Gasteiger partial charge < -0.3 is 17.7 Å². The van der Waals surface area contributed by atoms with E-state index in [9.17, 15) is 4.79 Å². The van der Waals surface area contributed by atoms with Crippen molar-refractivity contribution in [3.8, 4) is 0 Å². The maximum atomic E-state index is 12.5. The lowest BCUT2D eigenvalue weighted by molar-refractivity contribution is 0.0717. The van der Waals surface area contributed by atoms with Crippen LogP contribution in [0.4, 0.5) is 0 Å². The van der Waals surface area contributed by atoms with Crippen LogP contribution in [0.25, 0.3) is 0 Å². The van der Waals surface area contributed by atoms with Crippen molar-refractivity contribution in [2.24, 2.45) is 0 Å². The van der Waals surface area contributed by atoms with E-state index in [1.165, 1.54) is 0 Å². The molecule has 0 bridgehead atoms. The van der Waals surface area contributed by atoms with E-state index in [1.807, 2.05) is 24.3 Å². The van der Waals surface area contributed by atoms with Gasteiger partial charge in [0.1, 0.15) is 0 Å². The fourth-order valence-corrected chi connectivity index (χ4v) is 7.03. The summed E-state index contributed by atoms with van der Waals surface area (Å²) in [6.45, 7) is 6.35. The molecule has 0 atom stereocenters. The highest BCUT2D eigenvalue weighted by Crippen LogP contribution is 2.23. The molecule has 1 aromatic rings. The number of carbonyl (C=O) groups excluding carboxylic acids is 1. The standard InChI is InChI=1S/C18H32O5Si2/c1-7-24(8-2,9-3)23-18(19)17-12-10-16(11-13-17)14-15-25(20-4,21-5)22-6/h10-13H,7-9,14-15H2,1-6H3. The third kappa shape index (κ3) is 5.75. The molecule has 0 aliphatic carbocycles. The van der Waals surface area contributed by atoms with Crippen LogP contribution in [0.15, 0.2) is 24.3 Å². The van der Waals surface area contributed by atoms with Crippen molar-refractivity contribution >= 4 is 23.1 Å². The molecule has 0 saturated heterocycles. The number of hydrogen-bond donors (Lipinski definition) is 0. The van der Waals surface area contributed by atoms with E-state index in [4.69, 9.17) is 17.7 Å². The van der Waals surface area contributed by atoms with Crippen LogP contribution in [0, 0.1) is 0 Å². The summed E-state index contributed by atoms with van der Waals surface area (Å²) in [5.74, 6) is -0.196. The molecule has 0 N–H and O–H groups in total. The third-order valence-corrected chi connectivity index (χ3v) is 12.3. The highest BCUT2D eigenvalue weighted by atomic mass is 28.4. The van der Waals surface area contributed by atoms with Gasteiger partial charge in [-0.25, -0.2) is 4.79 Å². The summed E-state index contributed by atoms with van der Waals surface area (Å²) in [5.41, 5.74) is 1.73. The Morgan fingerprint density at radius 3 is 1.76 bits per heavy atom. The number of carbonyl (C=O) groups is 1. The van der Waals surface area contributed by atoms with Gasteiger partial charge in [0.2, 0.25) is 0 Å². The van der Waals surface area contributed by atoms with Gasteiger partial charge in [-0.1, -0.05) is 32.9 Å². The largest absolute Gasteiger partial charge is 0.516 e. The van der Waals surface area contributed by atoms with Gasteiger partial charge in [-0.3, -0.25) is 0 Å². The zero-order valence-electron chi connectivity index (χ0n) is 16.4. The lowest BCUT2D eigenvalue weighted by Gasteiger charge is -2.27. The first-order valence-electron chi connectivity index (χ1n) is 8.91. The zero-order valence-corrected chi connectivity index (χ0v) is 18.4. The molecule has 0 aliphatic rings. The predicted molar refractivity (Wildman–Crippen MR) is 104 cm³/mol. The normalized spacial score (nSPS) is 12.2. The molecule has 0 unspecified atom stereocenters. The molecule has 25 heavy (non-hydrogen) atoms. The monoisotopic (exact) mass is 384 g/mol. The van der Waals surface area contributed by atoms with Crippen molar-refractivity contribution < 1.29 is 22.5 Å². The van der Waals surface area contributed by atoms with E-state index in [1.54, 1.807) is 21.3 Å². The summed E-state index contributed by atoms with van der Waals surface area (Å²) in [7, 11) is 0.351. The van der Waals surface area contributed by atoms with Gasteiger partial charge >= 0.3 is 14.8 Å². The SMILES string of the molecule is CC[Si](CC)(CC)OC(=O)c1ccc(CC[Si](OC)(OC)OC)cc1. The summed E-state index contributed by atoms with van der Waals surface area (Å²) in [6.07, 6.45) is 0.772. The second kappa shape index (κ2) is 10.2. The smallest absolute Gasteiger partial charge is 0.500 e. The van der Waals surface area contributed by atoms with E-state index >= 15 is 0 Å². The topological polar surface area (TPSA) is 54.0 Å². The van der Waals surface area contributed by atoms with E-state index in [2.05, 4.69) is 20.8 Å². The Labute approximate surface area is 154 Å². The minimum absolute atomic E-state index is 0.196. The van der Waals surface area contributed by atoms with Gasteiger partial charge in [0.05, 0.1) is 5.56 Å². The van der Waals surface area contributed by atoms with Crippen LogP contribution in [0.2, 0.25) is 24.2 Å². The van der Waals surface area contributed by atoms with E-state index in [-0.39, 0.29) is 5.97 Å². The second-order valence-electron chi connectivity index (χ2n) is 6.13. The van der Waals surface area contributed by atoms with Crippen LogP contribution >= 0.6 is 0 Å². The predicted octanol–water partition coefficient (Wildman–Crippen LogP) is 4.27. The molecule has 142 valence electrons. The minimum atomic E-state index is -2.57. The molecule has 0 spiro atoms. The summed E-state index contributed by atoms with van der Waals surface area (Å²) >= 11 is 0. The molecular weight excluding hydrogens is 352 g/mol. The van der Waals surface area contributed by atoms with Crippen molar-refractivity contribution in [2.75, 3.05) is 21.3 Å². The average molecular weight is 385 g/mol. The first-order valence-corrected chi connectivity index (χ1v) is 13.4. The Kier molecular flexibility index (Phi) is 9.02. The Morgan fingerprint density at radius 1 is 0.880 bits per heavy atom. The summed E-state index contributed by atoms with van der Waals surface area (Å²) in [6, 6.07) is 11.2. The molecule has 0 heterocycles. The first-order chi connectivity index (χ1) is 11.9. The van der Waals surface area contributed by atoms with Gasteiger partial charge in [-0.2, -0.15) is 0 Å². The van der Waals surface area contributed by atoms with Crippen LogP contribution in [0.1, 0.15) is 36.7 Å². The molecule has 5 nitrogen and oxygen atoms in total. The number of benzene rings is 1. The summed E-state index contributed by atoms with van der Waals surface area (Å²) < 4.78 is 22.2. The van der Waals surface area contributed by atoms with Gasteiger partial charge in [0.15, 0.2) is 0 Å². The van der Waals surface area contributed by atoms with Crippen LogP contribution in [-0.4, -0.2) is 44.4 Å². The van der Waals surface area contributed by atoms with Crippen molar-refractivity contribution in [2.45, 2.75) is 51.4 Å². The van der Waals surface area contributed by atoms with Crippen LogP contribution in [-0.2, 0) is 24.1 Å². The molecule has 0 amide bonds. The third-order valence-electron chi connectivity index (χ3n) is 5.08. The molecule has 0 aliphatic heterocycles. The molecule has 1 aromatic carbocycles. The average Bonchev–Trinajstić information content (AvgIpc) is 2.68. The molecule has 0 fully saturated rings. The number of hydrogen-bond acceptors (Lipinski definition) is 5. The lowest BCUT2D eigenvalue weighted by atomic mass is 10.1. The van der Waals surface area contributed by atoms with Gasteiger partial charge in [-0.15, -0.1) is 0 Å². The maximum absolute atomic E-state index is 12.5. The zero-order chi connectivity index (χ0) is 18.9. The second-order valence-corrected chi connectivity index (χ2v) is 13.9. The molecule has 7 heteroatoms. The minimum Gasteiger partial charge on any atom is -0.516 e. The van der Waals surface area contributed by atoms with Crippen molar-refractivity contribution in [3.05, 3.63) is 35.4 Å². The Morgan fingerprint density at radius 2 is 1.36 bits per heavy atom. The molecule has 0 saturated carbocycles. The van der Waals surface area contributed by atoms with E-state index in [0.29, 0.717) is 11.6 Å². The molecule has 1 rings (SSSR count). The van der Waals surface area contributed by atoms with Crippen molar-refractivity contribution in [1.29, 1.82) is 0 Å². The van der Waals surface area contributed by atoms with Gasteiger partial charge in [-0.05, 0) is 42.2 Å². The fraction of sp³-hybridized carbons (Fsp3) is 0.611. The molecule has 0 radical (unpaired) electrons. The molecule has 0 aromatic heterocycles. The summed E-state index contributed by atoms with van der Waals surface area (Å²) in [4.78, 5) is 12.5. The van der Waals surface area contributed by atoms with E-state index < -0.39 is 17.1 Å². The van der Waals surface area contributed by atoms with Crippen LogP contribution in [0.5, 0.6) is 0 Å². The number of aryl methyl sites for hydroxylation is 1. The fourth-order valence-electron chi connectivity index (χ4n) is 2.88. The van der Waals surface area contributed by atoms with Crippen LogP contribution < -0.4 is 0 Å². The Bertz CT molecular complexity index is 508. The quantitative estimate of drug-likeness (QED) is 0.533. The molecular formula is C18H32O5Si2. The lowest BCUT2D eigenvalue weighted by Crippen LogP contribution is -2.43. The highest BCUT2D eigenvalue weighted by molar-refractivity contribution is 6.75. The maximum Gasteiger partial charge on any atom is 0.500 e. The highest BCUT2D eigenvalue weighted by Gasteiger charge is 2.37. The number of rotatable bonds is 11. The van der Waals surface area contributed by atoms with Crippen molar-refractivity contribution in [3.63, 3.8) is 0 Å². The van der Waals surface area contributed by atoms with Gasteiger partial charge in [0, 0.05) is 27.4 Å².